The Labute approximate surface area is 211 Å². The Morgan fingerprint density at radius 2 is 1.03 bits per heavy atom. The molecule has 0 heterocycles. The van der Waals surface area contributed by atoms with Crippen molar-refractivity contribution in [3.05, 3.63) is 119 Å². The van der Waals surface area contributed by atoms with E-state index in [4.69, 9.17) is 9.47 Å². The Hall–Kier alpha value is -4.25. The average Bonchev–Trinajstić information content (AvgIpc) is 2.91. The summed E-state index contributed by atoms with van der Waals surface area (Å²) >= 11 is 0. The molecule has 36 heavy (non-hydrogen) atoms. The predicted octanol–water partition coefficient (Wildman–Crippen LogP) is 6.04. The zero-order chi connectivity index (χ0) is 25.5. The molecular formula is C31H30O5. The number of ether oxygens (including phenoxy) is 2. The fraction of sp³-hybridized carbons (Fsp3) is 0.194. The van der Waals surface area contributed by atoms with Crippen LogP contribution in [0.3, 0.4) is 0 Å². The van der Waals surface area contributed by atoms with E-state index in [1.54, 1.807) is 62.8 Å². The number of ketones is 1. The lowest BCUT2D eigenvalue weighted by Gasteiger charge is -2.24. The van der Waals surface area contributed by atoms with Gasteiger partial charge in [0.15, 0.2) is 0 Å². The van der Waals surface area contributed by atoms with E-state index in [1.165, 1.54) is 0 Å². The van der Waals surface area contributed by atoms with Gasteiger partial charge < -0.3 is 19.7 Å². The maximum Gasteiger partial charge on any atom is 0.148 e. The molecule has 4 aromatic carbocycles. The molecule has 4 rings (SSSR count). The molecule has 0 saturated heterocycles. The van der Waals surface area contributed by atoms with Crippen molar-refractivity contribution in [1.29, 1.82) is 0 Å². The molecule has 0 aliphatic carbocycles. The third-order valence-corrected chi connectivity index (χ3v) is 6.43. The minimum absolute atomic E-state index is 0.0528. The molecule has 0 aliphatic rings. The quantitative estimate of drug-likeness (QED) is 0.288. The summed E-state index contributed by atoms with van der Waals surface area (Å²) in [6, 6.07) is 29.1. The molecule has 2 N–H and O–H groups in total. The molecular weight excluding hydrogens is 452 g/mol. The van der Waals surface area contributed by atoms with Gasteiger partial charge in [-0.05, 0) is 83.6 Å². The molecule has 0 fully saturated rings. The molecule has 0 aliphatic heterocycles. The van der Waals surface area contributed by atoms with Gasteiger partial charge in [0.25, 0.3) is 0 Å². The maximum absolute atomic E-state index is 14.3. The summed E-state index contributed by atoms with van der Waals surface area (Å²) in [6.45, 7) is 0. The lowest BCUT2D eigenvalue weighted by atomic mass is 9.78. The van der Waals surface area contributed by atoms with E-state index in [-0.39, 0.29) is 17.3 Å². The molecule has 184 valence electrons. The monoisotopic (exact) mass is 482 g/mol. The van der Waals surface area contributed by atoms with E-state index in [1.807, 2.05) is 48.5 Å². The number of hydrogen-bond acceptors (Lipinski definition) is 5. The van der Waals surface area contributed by atoms with E-state index in [0.29, 0.717) is 12.8 Å². The van der Waals surface area contributed by atoms with Crippen LogP contribution in [0.4, 0.5) is 0 Å². The first kappa shape index (κ1) is 24.9. The zero-order valence-electron chi connectivity index (χ0n) is 20.4. The number of methoxy groups -OCH3 is 2. The first-order valence-corrected chi connectivity index (χ1v) is 11.8. The first-order valence-electron chi connectivity index (χ1n) is 11.8. The van der Waals surface area contributed by atoms with Crippen molar-refractivity contribution >= 4 is 5.78 Å². The highest BCUT2D eigenvalue weighted by Gasteiger charge is 2.30. The largest absolute Gasteiger partial charge is 0.508 e. The zero-order valence-corrected chi connectivity index (χ0v) is 20.4. The standard InChI is InChI=1S/C31H30O5/c1-35-27-7-3-5-21(17-27)19-29(23-9-13-25(32)14-10-23)31(34)30(24-11-15-26(33)16-12-24)20-22-6-4-8-28(18-22)36-2/h3-18,29-30,32-33H,19-20H2,1-2H3. The smallest absolute Gasteiger partial charge is 0.148 e. The molecule has 0 bridgehead atoms. The Bertz CT molecular complexity index is 1190. The van der Waals surface area contributed by atoms with Gasteiger partial charge in [-0.3, -0.25) is 4.79 Å². The average molecular weight is 483 g/mol. The van der Waals surface area contributed by atoms with Crippen LogP contribution < -0.4 is 9.47 Å². The number of rotatable bonds is 10. The van der Waals surface area contributed by atoms with Crippen LogP contribution in [0, 0.1) is 0 Å². The summed E-state index contributed by atoms with van der Waals surface area (Å²) in [5.41, 5.74) is 3.61. The Balaban J connectivity index is 1.75. The van der Waals surface area contributed by atoms with E-state index >= 15 is 0 Å². The maximum atomic E-state index is 14.3. The fourth-order valence-corrected chi connectivity index (χ4v) is 4.49. The first-order chi connectivity index (χ1) is 17.5. The van der Waals surface area contributed by atoms with Gasteiger partial charge in [-0.25, -0.2) is 0 Å². The van der Waals surface area contributed by atoms with Crippen molar-refractivity contribution < 1.29 is 24.5 Å². The highest BCUT2D eigenvalue weighted by Crippen LogP contribution is 2.34. The number of phenols is 2. The highest BCUT2D eigenvalue weighted by atomic mass is 16.5. The fourth-order valence-electron chi connectivity index (χ4n) is 4.49. The minimum atomic E-state index is -0.456. The number of Topliss-reactive ketones (excluding diaryl/α,β-unsaturated/α-hetero) is 1. The number of benzene rings is 4. The van der Waals surface area contributed by atoms with Crippen molar-refractivity contribution in [2.45, 2.75) is 24.7 Å². The second-order valence-electron chi connectivity index (χ2n) is 8.80. The van der Waals surface area contributed by atoms with Gasteiger partial charge in [-0.2, -0.15) is 0 Å². The van der Waals surface area contributed by atoms with Gasteiger partial charge in [-0.1, -0.05) is 48.5 Å². The Morgan fingerprint density at radius 1 is 0.639 bits per heavy atom. The van der Waals surface area contributed by atoms with E-state index in [0.717, 1.165) is 33.8 Å². The van der Waals surface area contributed by atoms with Crippen LogP contribution in [0.15, 0.2) is 97.1 Å². The second-order valence-corrected chi connectivity index (χ2v) is 8.80. The van der Waals surface area contributed by atoms with Crippen LogP contribution in [0.5, 0.6) is 23.0 Å². The predicted molar refractivity (Wildman–Crippen MR) is 140 cm³/mol. The number of aromatic hydroxyl groups is 2. The van der Waals surface area contributed by atoms with Crippen molar-refractivity contribution in [2.75, 3.05) is 14.2 Å². The lowest BCUT2D eigenvalue weighted by Crippen LogP contribution is -2.24. The topological polar surface area (TPSA) is 76.0 Å². The molecule has 2 atom stereocenters. The van der Waals surface area contributed by atoms with E-state index in [9.17, 15) is 15.0 Å². The number of carbonyl (C=O) groups is 1. The van der Waals surface area contributed by atoms with Crippen molar-refractivity contribution in [3.8, 4) is 23.0 Å². The van der Waals surface area contributed by atoms with Crippen molar-refractivity contribution in [2.24, 2.45) is 0 Å². The molecule has 4 aromatic rings. The molecule has 5 heteroatoms. The van der Waals surface area contributed by atoms with Gasteiger partial charge >= 0.3 is 0 Å². The molecule has 0 saturated carbocycles. The number of phenolic OH excluding ortho intramolecular Hbond substituents is 2. The number of carbonyl (C=O) groups excluding carboxylic acids is 1. The summed E-state index contributed by atoms with van der Waals surface area (Å²) in [6.07, 6.45) is 0.959. The summed E-state index contributed by atoms with van der Waals surface area (Å²) in [7, 11) is 3.24. The van der Waals surface area contributed by atoms with Gasteiger partial charge in [0, 0.05) is 11.8 Å². The third kappa shape index (κ3) is 6.05. The van der Waals surface area contributed by atoms with E-state index in [2.05, 4.69) is 0 Å². The Morgan fingerprint density at radius 3 is 1.39 bits per heavy atom. The molecule has 0 aromatic heterocycles. The van der Waals surface area contributed by atoms with E-state index < -0.39 is 11.8 Å². The van der Waals surface area contributed by atoms with Crippen LogP contribution >= 0.6 is 0 Å². The Kier molecular flexibility index (Phi) is 7.91. The van der Waals surface area contributed by atoms with Gasteiger partial charge in [0.05, 0.1) is 14.2 Å². The SMILES string of the molecule is COc1cccc(CC(C(=O)C(Cc2cccc(OC)c2)c2ccc(O)cc2)c2ccc(O)cc2)c1. The van der Waals surface area contributed by atoms with Crippen LogP contribution in [-0.4, -0.2) is 30.2 Å². The summed E-state index contributed by atoms with van der Waals surface area (Å²) in [4.78, 5) is 14.3. The minimum Gasteiger partial charge on any atom is -0.508 e. The normalized spacial score (nSPS) is 12.5. The summed E-state index contributed by atoms with van der Waals surface area (Å²) < 4.78 is 10.8. The van der Waals surface area contributed by atoms with Gasteiger partial charge in [0.1, 0.15) is 28.8 Å². The van der Waals surface area contributed by atoms with Crippen LogP contribution in [0.2, 0.25) is 0 Å². The van der Waals surface area contributed by atoms with Crippen LogP contribution in [0.1, 0.15) is 34.1 Å². The van der Waals surface area contributed by atoms with Gasteiger partial charge in [0.2, 0.25) is 0 Å². The third-order valence-electron chi connectivity index (χ3n) is 6.43. The van der Waals surface area contributed by atoms with Crippen LogP contribution in [0.25, 0.3) is 0 Å². The second kappa shape index (κ2) is 11.5. The molecule has 0 spiro atoms. The number of hydrogen-bond donors (Lipinski definition) is 2. The molecule has 0 amide bonds. The summed E-state index contributed by atoms with van der Waals surface area (Å²) in [5, 5.41) is 19.7. The molecule has 2 unspecified atom stereocenters. The highest BCUT2D eigenvalue weighted by molar-refractivity contribution is 5.92. The van der Waals surface area contributed by atoms with Crippen LogP contribution in [-0.2, 0) is 17.6 Å². The van der Waals surface area contributed by atoms with Crippen molar-refractivity contribution in [1.82, 2.24) is 0 Å². The van der Waals surface area contributed by atoms with Gasteiger partial charge in [-0.15, -0.1) is 0 Å². The summed E-state index contributed by atoms with van der Waals surface area (Å²) in [5.74, 6) is 0.906. The van der Waals surface area contributed by atoms with Crippen molar-refractivity contribution in [3.63, 3.8) is 0 Å². The lowest BCUT2D eigenvalue weighted by molar-refractivity contribution is -0.122. The molecule has 0 radical (unpaired) electrons. The molecule has 5 nitrogen and oxygen atoms in total.